The van der Waals surface area contributed by atoms with Gasteiger partial charge in [-0.05, 0) is 53.8 Å². The molecule has 2 aromatic carbocycles. The Bertz CT molecular complexity index is 644. The summed E-state index contributed by atoms with van der Waals surface area (Å²) in [7, 11) is 3.43. The third-order valence-corrected chi connectivity index (χ3v) is 3.75. The second-order valence-corrected chi connectivity index (χ2v) is 5.30. The van der Waals surface area contributed by atoms with Crippen molar-refractivity contribution in [1.82, 2.24) is 0 Å². The van der Waals surface area contributed by atoms with Gasteiger partial charge in [0.2, 0.25) is 0 Å². The Morgan fingerprint density at radius 3 is 2.36 bits per heavy atom. The average Bonchev–Trinajstić information content (AvgIpc) is 2.55. The number of allylic oxidation sites excluding steroid dienone is 1. The highest BCUT2D eigenvalue weighted by molar-refractivity contribution is 5.72. The molecule has 0 saturated heterocycles. The van der Waals surface area contributed by atoms with Crippen LogP contribution in [0.2, 0.25) is 0 Å². The Labute approximate surface area is 133 Å². The van der Waals surface area contributed by atoms with Crippen LogP contribution in [0.15, 0.2) is 49.1 Å². The van der Waals surface area contributed by atoms with Crippen LogP contribution in [0.4, 0.5) is 0 Å². The summed E-state index contributed by atoms with van der Waals surface area (Å²) in [6.07, 6.45) is 4.87. The Kier molecular flexibility index (Phi) is 5.65. The largest absolute Gasteiger partial charge is 0.496 e. The minimum Gasteiger partial charge on any atom is -0.496 e. The third-order valence-electron chi connectivity index (χ3n) is 3.75. The van der Waals surface area contributed by atoms with Gasteiger partial charge in [-0.3, -0.25) is 0 Å². The molecule has 0 radical (unpaired) electrons. The van der Waals surface area contributed by atoms with E-state index in [1.807, 2.05) is 18.2 Å². The fourth-order valence-corrected chi connectivity index (χ4v) is 2.69. The summed E-state index contributed by atoms with van der Waals surface area (Å²) in [5.41, 5.74) is 4.74. The van der Waals surface area contributed by atoms with Crippen LogP contribution < -0.4 is 9.47 Å². The number of rotatable bonds is 7. The van der Waals surface area contributed by atoms with Crippen LogP contribution in [-0.2, 0) is 12.8 Å². The first-order valence-electron chi connectivity index (χ1n) is 7.68. The summed E-state index contributed by atoms with van der Waals surface area (Å²) in [5.74, 6) is 1.84. The Morgan fingerprint density at radius 1 is 1.00 bits per heavy atom. The molecule has 0 bridgehead atoms. The van der Waals surface area contributed by atoms with Crippen LogP contribution in [0, 0.1) is 0 Å². The van der Waals surface area contributed by atoms with Crippen molar-refractivity contribution < 1.29 is 9.47 Å². The lowest BCUT2D eigenvalue weighted by Crippen LogP contribution is -1.95. The van der Waals surface area contributed by atoms with Crippen molar-refractivity contribution in [3.05, 3.63) is 60.2 Å². The molecule has 0 aliphatic carbocycles. The van der Waals surface area contributed by atoms with Gasteiger partial charge in [-0.25, -0.2) is 0 Å². The normalized spacial score (nSPS) is 10.3. The molecule has 22 heavy (non-hydrogen) atoms. The molecule has 0 aromatic heterocycles. The first-order chi connectivity index (χ1) is 10.7. The molecule has 116 valence electrons. The quantitative estimate of drug-likeness (QED) is 0.665. The molecule has 0 heterocycles. The van der Waals surface area contributed by atoms with Gasteiger partial charge in [0.1, 0.15) is 11.5 Å². The van der Waals surface area contributed by atoms with Crippen LogP contribution >= 0.6 is 0 Å². The smallest absolute Gasteiger partial charge is 0.126 e. The molecule has 0 unspecified atom stereocenters. The van der Waals surface area contributed by atoms with Crippen molar-refractivity contribution >= 4 is 0 Å². The summed E-state index contributed by atoms with van der Waals surface area (Å²) in [6.45, 7) is 5.99. The minimum atomic E-state index is 0.856. The summed E-state index contributed by atoms with van der Waals surface area (Å²) in [5, 5.41) is 0. The molecule has 2 rings (SSSR count). The van der Waals surface area contributed by atoms with Gasteiger partial charge in [0.25, 0.3) is 0 Å². The number of aryl methyl sites for hydroxylation is 1. The fraction of sp³-hybridized carbons (Fsp3) is 0.300. The van der Waals surface area contributed by atoms with Gasteiger partial charge in [0.15, 0.2) is 0 Å². The summed E-state index contributed by atoms with van der Waals surface area (Å²) in [4.78, 5) is 0. The number of benzene rings is 2. The fourth-order valence-electron chi connectivity index (χ4n) is 2.69. The van der Waals surface area contributed by atoms with E-state index in [4.69, 9.17) is 9.47 Å². The molecule has 0 aliphatic rings. The highest BCUT2D eigenvalue weighted by Crippen LogP contribution is 2.34. The van der Waals surface area contributed by atoms with E-state index in [0.29, 0.717) is 0 Å². The van der Waals surface area contributed by atoms with E-state index in [2.05, 4.69) is 37.8 Å². The second kappa shape index (κ2) is 7.69. The summed E-state index contributed by atoms with van der Waals surface area (Å²) < 4.78 is 11.0. The molecule has 0 aliphatic heterocycles. The van der Waals surface area contributed by atoms with Gasteiger partial charge in [0, 0.05) is 5.56 Å². The lowest BCUT2D eigenvalue weighted by molar-refractivity contribution is 0.409. The average molecular weight is 296 g/mol. The maximum absolute atomic E-state index is 5.53. The lowest BCUT2D eigenvalue weighted by Gasteiger charge is -2.14. The molecule has 2 nitrogen and oxygen atoms in total. The van der Waals surface area contributed by atoms with Crippen LogP contribution in [0.5, 0.6) is 11.5 Å². The Hall–Kier alpha value is -2.22. The van der Waals surface area contributed by atoms with Crippen LogP contribution in [-0.4, -0.2) is 14.2 Å². The molecule has 2 aromatic rings. The Balaban J connectivity index is 2.51. The number of methoxy groups -OCH3 is 2. The van der Waals surface area contributed by atoms with E-state index in [9.17, 15) is 0 Å². The molecule has 0 spiro atoms. The zero-order valence-corrected chi connectivity index (χ0v) is 13.7. The van der Waals surface area contributed by atoms with Gasteiger partial charge in [-0.2, -0.15) is 0 Å². The molecule has 0 amide bonds. The molecule has 2 heteroatoms. The molecule has 0 fully saturated rings. The molecular formula is C20H24O2. The van der Waals surface area contributed by atoms with Gasteiger partial charge < -0.3 is 9.47 Å². The monoisotopic (exact) mass is 296 g/mol. The SMILES string of the molecule is C=CCc1ccc(OC)c(-c2ccc(OC)c(CCC)c2)c1. The van der Waals surface area contributed by atoms with Crippen molar-refractivity contribution in [2.45, 2.75) is 26.2 Å². The van der Waals surface area contributed by atoms with Gasteiger partial charge >= 0.3 is 0 Å². The second-order valence-electron chi connectivity index (χ2n) is 5.30. The lowest BCUT2D eigenvalue weighted by atomic mass is 9.97. The van der Waals surface area contributed by atoms with Crippen LogP contribution in [0.25, 0.3) is 11.1 Å². The zero-order valence-electron chi connectivity index (χ0n) is 13.7. The zero-order chi connectivity index (χ0) is 15.9. The molecule has 0 saturated carbocycles. The van der Waals surface area contributed by atoms with Gasteiger partial charge in [-0.1, -0.05) is 31.6 Å². The minimum absolute atomic E-state index is 0.856. The van der Waals surface area contributed by atoms with Crippen molar-refractivity contribution in [2.75, 3.05) is 14.2 Å². The number of hydrogen-bond donors (Lipinski definition) is 0. The van der Waals surface area contributed by atoms with Crippen molar-refractivity contribution in [3.8, 4) is 22.6 Å². The van der Waals surface area contributed by atoms with E-state index in [1.54, 1.807) is 14.2 Å². The van der Waals surface area contributed by atoms with Gasteiger partial charge in [-0.15, -0.1) is 6.58 Å². The maximum atomic E-state index is 5.53. The number of ether oxygens (including phenoxy) is 2. The Morgan fingerprint density at radius 2 is 1.73 bits per heavy atom. The third kappa shape index (κ3) is 3.51. The molecule has 0 atom stereocenters. The topological polar surface area (TPSA) is 18.5 Å². The summed E-state index contributed by atoms with van der Waals surface area (Å²) >= 11 is 0. The van der Waals surface area contributed by atoms with Crippen LogP contribution in [0.1, 0.15) is 24.5 Å². The van der Waals surface area contributed by atoms with E-state index < -0.39 is 0 Å². The van der Waals surface area contributed by atoms with Gasteiger partial charge in [0.05, 0.1) is 14.2 Å². The van der Waals surface area contributed by atoms with E-state index in [-0.39, 0.29) is 0 Å². The highest BCUT2D eigenvalue weighted by atomic mass is 16.5. The first kappa shape index (κ1) is 16.2. The van der Waals surface area contributed by atoms with Crippen molar-refractivity contribution in [3.63, 3.8) is 0 Å². The predicted octanol–water partition coefficient (Wildman–Crippen LogP) is 5.05. The predicted molar refractivity (Wildman–Crippen MR) is 92.9 cm³/mol. The molecule has 0 N–H and O–H groups in total. The number of hydrogen-bond acceptors (Lipinski definition) is 2. The highest BCUT2D eigenvalue weighted by Gasteiger charge is 2.10. The van der Waals surface area contributed by atoms with E-state index in [1.165, 1.54) is 11.1 Å². The maximum Gasteiger partial charge on any atom is 0.126 e. The molecular weight excluding hydrogens is 272 g/mol. The standard InChI is InChI=1S/C20H24O2/c1-5-7-15-9-11-20(22-4)18(13-15)16-10-12-19(21-3)17(14-16)8-6-2/h5,9-14H,1,6-8H2,2-4H3. The van der Waals surface area contributed by atoms with Crippen LogP contribution in [0.3, 0.4) is 0 Å². The van der Waals surface area contributed by atoms with E-state index >= 15 is 0 Å². The van der Waals surface area contributed by atoms with E-state index in [0.717, 1.165) is 41.9 Å². The first-order valence-corrected chi connectivity index (χ1v) is 7.68. The summed E-state index contributed by atoms with van der Waals surface area (Å²) in [6, 6.07) is 12.6. The van der Waals surface area contributed by atoms with Crippen molar-refractivity contribution in [1.29, 1.82) is 0 Å². The van der Waals surface area contributed by atoms with Crippen molar-refractivity contribution in [2.24, 2.45) is 0 Å².